The Morgan fingerprint density at radius 3 is 1.88 bits per heavy atom. The van der Waals surface area contributed by atoms with Crippen molar-refractivity contribution >= 4 is 18.7 Å². The monoisotopic (exact) mass is 297 g/mol. The van der Waals surface area contributed by atoms with Gasteiger partial charge in [-0.3, -0.25) is 0 Å². The molecule has 1 aromatic rings. The maximum absolute atomic E-state index is 6.03. The van der Waals surface area contributed by atoms with Crippen LogP contribution >= 0.6 is 0 Å². The molecule has 4 rings (SSSR count). The molecule has 0 N–H and O–H groups in total. The first-order valence-corrected chi connectivity index (χ1v) is 9.71. The van der Waals surface area contributed by atoms with E-state index in [1.807, 2.05) is 18.2 Å². The summed E-state index contributed by atoms with van der Waals surface area (Å²) in [7, 11) is 0. The Morgan fingerprint density at radius 1 is 0.824 bits per heavy atom. The Labute approximate surface area is 105 Å². The van der Waals surface area contributed by atoms with Crippen LogP contribution in [0.4, 0.5) is 0 Å². The van der Waals surface area contributed by atoms with Crippen LogP contribution in [0.5, 0.6) is 0 Å². The van der Waals surface area contributed by atoms with E-state index in [0.717, 1.165) is 43.9 Å². The van der Waals surface area contributed by atoms with Crippen molar-refractivity contribution in [3.05, 3.63) is 30.3 Å². The molecular weight excluding hydrogens is 279 g/mol. The zero-order valence-electron chi connectivity index (χ0n) is 9.80. The van der Waals surface area contributed by atoms with Crippen molar-refractivity contribution in [2.45, 2.75) is 0 Å². The Kier molecular flexibility index (Phi) is 3.49. The van der Waals surface area contributed by atoms with Crippen LogP contribution in [0.2, 0.25) is 0 Å². The number of fused-ring (bicyclic) bond motifs is 6. The maximum atomic E-state index is 6.03. The number of hydrogen-bond acceptors (Lipinski definition) is 4. The Morgan fingerprint density at radius 2 is 1.35 bits per heavy atom. The predicted octanol–water partition coefficient (Wildman–Crippen LogP) is 0.212. The molecule has 5 heteroatoms. The van der Waals surface area contributed by atoms with E-state index in [1.165, 1.54) is 0 Å². The molecule has 0 aromatic heterocycles. The first-order chi connectivity index (χ1) is 8.39. The molecule has 0 aliphatic carbocycles. The van der Waals surface area contributed by atoms with Crippen LogP contribution in [0.25, 0.3) is 0 Å². The number of benzene rings is 1. The summed E-state index contributed by atoms with van der Waals surface area (Å²) < 4.78 is 19.2. The van der Waals surface area contributed by atoms with Gasteiger partial charge in [-0.15, -0.1) is 0 Å². The van der Waals surface area contributed by atoms with Gasteiger partial charge in [-0.25, -0.2) is 0 Å². The van der Waals surface area contributed by atoms with Crippen molar-refractivity contribution in [3.63, 3.8) is 0 Å². The van der Waals surface area contributed by atoms with E-state index in [2.05, 4.69) is 17.0 Å². The Balaban J connectivity index is 1.91. The van der Waals surface area contributed by atoms with Crippen molar-refractivity contribution < 1.29 is 11.3 Å². The van der Waals surface area contributed by atoms with Gasteiger partial charge in [-0.05, 0) is 0 Å². The number of rotatable bonds is 1. The summed E-state index contributed by atoms with van der Waals surface area (Å²) in [5.74, 6) is 0. The molecule has 0 unspecified atom stereocenters. The summed E-state index contributed by atoms with van der Waals surface area (Å²) in [4.78, 5) is 2.33. The van der Waals surface area contributed by atoms with Crippen LogP contribution in [-0.2, 0) is 11.3 Å². The van der Waals surface area contributed by atoms with E-state index >= 15 is 0 Å². The van der Waals surface area contributed by atoms with E-state index < -0.39 is 14.3 Å². The fourth-order valence-corrected chi connectivity index (χ4v) is 7.38. The molecule has 3 aliphatic rings. The first kappa shape index (κ1) is 11.7. The van der Waals surface area contributed by atoms with Gasteiger partial charge in [0.25, 0.3) is 0 Å². The molecule has 4 nitrogen and oxygen atoms in total. The molecule has 0 spiro atoms. The standard InChI is InChI=1S/C12H17GeNO3/c1-2-4-12(5-3-1)13-15-9-6-14(7-10-16-13)8-11-17-13/h1-5H,6-11H2. The van der Waals surface area contributed by atoms with Crippen LogP contribution in [-0.4, -0.2) is 58.6 Å². The van der Waals surface area contributed by atoms with Gasteiger partial charge in [0.05, 0.1) is 0 Å². The normalized spacial score (nSPS) is 33.8. The van der Waals surface area contributed by atoms with Crippen LogP contribution in [0.3, 0.4) is 0 Å². The summed E-state index contributed by atoms with van der Waals surface area (Å²) in [5.41, 5.74) is 0. The average Bonchev–Trinajstić information content (AvgIpc) is 2.28. The van der Waals surface area contributed by atoms with E-state index in [-0.39, 0.29) is 0 Å². The topological polar surface area (TPSA) is 30.9 Å². The molecule has 92 valence electrons. The number of hydrogen-bond donors (Lipinski definition) is 0. The molecule has 17 heavy (non-hydrogen) atoms. The SMILES string of the molecule is c1cc[c]([Ge]23[O]CCN(CC[O]2)CC[O]3)cc1. The molecule has 0 radical (unpaired) electrons. The van der Waals surface area contributed by atoms with Crippen molar-refractivity contribution in [1.29, 1.82) is 0 Å². The molecule has 0 saturated carbocycles. The third-order valence-corrected chi connectivity index (χ3v) is 9.09. The summed E-state index contributed by atoms with van der Waals surface area (Å²) in [6.07, 6.45) is 0. The zero-order chi connectivity index (χ0) is 11.6. The van der Waals surface area contributed by atoms with E-state index in [1.54, 1.807) is 0 Å². The fraction of sp³-hybridized carbons (Fsp3) is 0.500. The van der Waals surface area contributed by atoms with Crippen molar-refractivity contribution in [2.24, 2.45) is 0 Å². The minimum absolute atomic E-state index is 0.717. The summed E-state index contributed by atoms with van der Waals surface area (Å²) >= 11 is -3.20. The van der Waals surface area contributed by atoms with Crippen LogP contribution in [0.1, 0.15) is 0 Å². The van der Waals surface area contributed by atoms with E-state index in [0.29, 0.717) is 0 Å². The molecule has 3 aliphatic heterocycles. The number of nitrogens with zero attached hydrogens (tertiary/aromatic N) is 1. The van der Waals surface area contributed by atoms with Gasteiger partial charge in [0.15, 0.2) is 0 Å². The van der Waals surface area contributed by atoms with Gasteiger partial charge in [0.2, 0.25) is 0 Å². The quantitative estimate of drug-likeness (QED) is 0.693. The Hall–Kier alpha value is -0.397. The van der Waals surface area contributed by atoms with Gasteiger partial charge in [-0.2, -0.15) is 0 Å². The summed E-state index contributed by atoms with van der Waals surface area (Å²) in [5, 5.41) is 0. The first-order valence-electron chi connectivity index (χ1n) is 6.09. The second-order valence-electron chi connectivity index (χ2n) is 4.31. The molecule has 0 amide bonds. The second kappa shape index (κ2) is 5.08. The van der Waals surface area contributed by atoms with Gasteiger partial charge in [-0.1, -0.05) is 0 Å². The molecular formula is C12H17GeNO3. The van der Waals surface area contributed by atoms with Crippen molar-refractivity contribution in [3.8, 4) is 0 Å². The molecule has 3 heterocycles. The van der Waals surface area contributed by atoms with E-state index in [9.17, 15) is 0 Å². The van der Waals surface area contributed by atoms with Crippen molar-refractivity contribution in [1.82, 2.24) is 4.90 Å². The summed E-state index contributed by atoms with van der Waals surface area (Å²) in [6.45, 7) is 5.13. The summed E-state index contributed by atoms with van der Waals surface area (Å²) in [6, 6.07) is 10.2. The predicted molar refractivity (Wildman–Crippen MR) is 66.1 cm³/mol. The van der Waals surface area contributed by atoms with Crippen molar-refractivity contribution in [2.75, 3.05) is 39.5 Å². The van der Waals surface area contributed by atoms with Crippen LogP contribution in [0, 0.1) is 0 Å². The molecule has 0 atom stereocenters. The molecule has 2 bridgehead atoms. The third kappa shape index (κ3) is 2.41. The van der Waals surface area contributed by atoms with Crippen LogP contribution in [0.15, 0.2) is 30.3 Å². The van der Waals surface area contributed by atoms with Gasteiger partial charge >= 0.3 is 105 Å². The zero-order valence-corrected chi connectivity index (χ0v) is 11.9. The third-order valence-electron chi connectivity index (χ3n) is 3.23. The van der Waals surface area contributed by atoms with Crippen LogP contribution < -0.4 is 4.40 Å². The van der Waals surface area contributed by atoms with E-state index in [4.69, 9.17) is 11.3 Å². The second-order valence-corrected chi connectivity index (χ2v) is 9.67. The average molecular weight is 296 g/mol. The molecule has 3 fully saturated rings. The van der Waals surface area contributed by atoms with Gasteiger partial charge in [0, 0.05) is 0 Å². The minimum atomic E-state index is -3.20. The molecule has 3 saturated heterocycles. The Bertz CT molecular complexity index is 347. The fourth-order valence-electron chi connectivity index (χ4n) is 2.28. The molecule has 1 aromatic carbocycles. The van der Waals surface area contributed by atoms with Gasteiger partial charge in [0.1, 0.15) is 0 Å². The van der Waals surface area contributed by atoms with Gasteiger partial charge < -0.3 is 0 Å².